The van der Waals surface area contributed by atoms with E-state index in [4.69, 9.17) is 0 Å². The molecule has 0 saturated carbocycles. The van der Waals surface area contributed by atoms with Crippen LogP contribution in [0.1, 0.15) is 5.82 Å². The average Bonchev–Trinajstić information content (AvgIpc) is 2.73. The van der Waals surface area contributed by atoms with E-state index in [1.807, 2.05) is 4.72 Å². The van der Waals surface area contributed by atoms with Crippen LogP contribution in [0.25, 0.3) is 0 Å². The summed E-state index contributed by atoms with van der Waals surface area (Å²) in [7, 11) is -4.12. The van der Waals surface area contributed by atoms with Crippen LogP contribution in [0, 0.1) is 22.9 Å². The summed E-state index contributed by atoms with van der Waals surface area (Å²) in [5.41, 5.74) is -0.808. The third-order valence-corrected chi connectivity index (χ3v) is 3.57. The van der Waals surface area contributed by atoms with Crippen molar-refractivity contribution in [2.24, 2.45) is 0 Å². The Bertz CT molecular complexity index is 772. The molecule has 106 valence electrons. The lowest BCUT2D eigenvalue weighted by atomic mass is 10.3. The number of rotatable bonds is 4. The fraction of sp³-hybridized carbons (Fsp3) is 0.111. The minimum atomic E-state index is -4.12. The quantitative estimate of drug-likeness (QED) is 0.638. The van der Waals surface area contributed by atoms with Gasteiger partial charge in [0.1, 0.15) is 5.82 Å². The summed E-state index contributed by atoms with van der Waals surface area (Å²) in [6.07, 6.45) is 0. The Morgan fingerprint density at radius 2 is 2.15 bits per heavy atom. The van der Waals surface area contributed by atoms with Crippen LogP contribution >= 0.6 is 0 Å². The Labute approximate surface area is 112 Å². The maximum atomic E-state index is 13.4. The molecule has 2 aromatic rings. The molecule has 0 aliphatic rings. The molecule has 1 heterocycles. The topological polar surface area (TPSA) is 131 Å². The first kappa shape index (κ1) is 13.9. The van der Waals surface area contributed by atoms with Gasteiger partial charge in [0.15, 0.2) is 0 Å². The summed E-state index contributed by atoms with van der Waals surface area (Å²) in [5, 5.41) is 16.4. The number of H-pyrrole nitrogens is 1. The largest absolute Gasteiger partial charge is 0.304 e. The second-order valence-corrected chi connectivity index (χ2v) is 5.40. The predicted octanol–water partition coefficient (Wildman–Crippen LogP) is 0.961. The lowest BCUT2D eigenvalue weighted by molar-refractivity contribution is -0.387. The van der Waals surface area contributed by atoms with Gasteiger partial charge < -0.3 is 0 Å². The van der Waals surface area contributed by atoms with Crippen molar-refractivity contribution in [1.29, 1.82) is 0 Å². The molecular formula is C9H8FN5O4S. The second-order valence-electron chi connectivity index (χ2n) is 3.72. The normalized spacial score (nSPS) is 11.3. The molecule has 0 spiro atoms. The first-order valence-corrected chi connectivity index (χ1v) is 6.63. The molecule has 0 radical (unpaired) electrons. The van der Waals surface area contributed by atoms with Gasteiger partial charge in [-0.1, -0.05) is 0 Å². The number of nitrogens with zero attached hydrogens (tertiary/aromatic N) is 3. The maximum absolute atomic E-state index is 13.4. The van der Waals surface area contributed by atoms with Crippen LogP contribution in [-0.2, 0) is 10.0 Å². The summed E-state index contributed by atoms with van der Waals surface area (Å²) in [5.74, 6) is -1.07. The first-order chi connectivity index (χ1) is 9.29. The van der Waals surface area contributed by atoms with E-state index in [0.717, 1.165) is 12.1 Å². The van der Waals surface area contributed by atoms with Gasteiger partial charge in [0.25, 0.3) is 16.0 Å². The molecule has 9 nitrogen and oxygen atoms in total. The Hall–Kier alpha value is -2.56. The van der Waals surface area contributed by atoms with Crippen LogP contribution in [0.2, 0.25) is 0 Å². The predicted molar refractivity (Wildman–Crippen MR) is 65.0 cm³/mol. The van der Waals surface area contributed by atoms with E-state index in [-0.39, 0.29) is 5.95 Å². The molecule has 0 saturated heterocycles. The van der Waals surface area contributed by atoms with Crippen LogP contribution in [0.15, 0.2) is 23.1 Å². The molecule has 0 fully saturated rings. The summed E-state index contributed by atoms with van der Waals surface area (Å²) in [6.45, 7) is 1.57. The molecule has 1 aromatic carbocycles. The number of aromatic nitrogens is 3. The minimum Gasteiger partial charge on any atom is -0.261 e. The van der Waals surface area contributed by atoms with Gasteiger partial charge in [-0.15, -0.1) is 5.10 Å². The summed E-state index contributed by atoms with van der Waals surface area (Å²) >= 11 is 0. The van der Waals surface area contributed by atoms with E-state index in [9.17, 15) is 22.9 Å². The SMILES string of the molecule is Cc1nc(NS(=O)(=O)c2ccc([N+](=O)[O-])c(F)c2)n[nH]1. The third kappa shape index (κ3) is 2.71. The lowest BCUT2D eigenvalue weighted by Crippen LogP contribution is -2.14. The van der Waals surface area contributed by atoms with E-state index in [1.165, 1.54) is 0 Å². The van der Waals surface area contributed by atoms with Gasteiger partial charge in [-0.3, -0.25) is 15.2 Å². The number of sulfonamides is 1. The van der Waals surface area contributed by atoms with Crippen molar-refractivity contribution < 1.29 is 17.7 Å². The molecule has 0 aliphatic heterocycles. The number of aromatic amines is 1. The molecule has 11 heteroatoms. The molecule has 0 amide bonds. The summed E-state index contributed by atoms with van der Waals surface area (Å²) < 4.78 is 39.2. The Morgan fingerprint density at radius 3 is 2.65 bits per heavy atom. The molecule has 0 unspecified atom stereocenters. The van der Waals surface area contributed by atoms with Crippen molar-refractivity contribution in [3.05, 3.63) is 40.0 Å². The van der Waals surface area contributed by atoms with Crippen molar-refractivity contribution in [2.45, 2.75) is 11.8 Å². The minimum absolute atomic E-state index is 0.207. The molecule has 20 heavy (non-hydrogen) atoms. The van der Waals surface area contributed by atoms with Crippen molar-refractivity contribution >= 4 is 21.7 Å². The van der Waals surface area contributed by atoms with Crippen molar-refractivity contribution in [1.82, 2.24) is 15.2 Å². The van der Waals surface area contributed by atoms with Crippen molar-refractivity contribution in [2.75, 3.05) is 4.72 Å². The van der Waals surface area contributed by atoms with E-state index in [2.05, 4.69) is 15.2 Å². The Kier molecular flexibility index (Phi) is 3.36. The molecular weight excluding hydrogens is 293 g/mol. The van der Waals surface area contributed by atoms with Crippen LogP contribution in [0.3, 0.4) is 0 Å². The second kappa shape index (κ2) is 4.85. The first-order valence-electron chi connectivity index (χ1n) is 5.15. The zero-order chi connectivity index (χ0) is 14.9. The van der Waals surface area contributed by atoms with Gasteiger partial charge in [0.05, 0.1) is 9.82 Å². The summed E-state index contributed by atoms with van der Waals surface area (Å²) in [4.78, 5) is 12.8. The number of hydrogen-bond donors (Lipinski definition) is 2. The molecule has 0 bridgehead atoms. The Balaban J connectivity index is 2.35. The highest BCUT2D eigenvalue weighted by molar-refractivity contribution is 7.92. The number of nitro groups is 1. The number of nitrogens with one attached hydrogen (secondary N) is 2. The van der Waals surface area contributed by atoms with Crippen LogP contribution in [0.5, 0.6) is 0 Å². The number of halogens is 1. The van der Waals surface area contributed by atoms with Gasteiger partial charge in [-0.25, -0.2) is 13.1 Å². The van der Waals surface area contributed by atoms with Gasteiger partial charge in [-0.2, -0.15) is 9.37 Å². The van der Waals surface area contributed by atoms with Crippen molar-refractivity contribution in [3.8, 4) is 0 Å². The molecule has 0 aliphatic carbocycles. The third-order valence-electron chi connectivity index (χ3n) is 2.25. The van der Waals surface area contributed by atoms with Gasteiger partial charge in [0, 0.05) is 12.1 Å². The van der Waals surface area contributed by atoms with Crippen LogP contribution in [0.4, 0.5) is 16.0 Å². The molecule has 1 aromatic heterocycles. The highest BCUT2D eigenvalue weighted by Crippen LogP contribution is 2.21. The highest BCUT2D eigenvalue weighted by Gasteiger charge is 2.21. The Morgan fingerprint density at radius 1 is 1.45 bits per heavy atom. The van der Waals surface area contributed by atoms with Gasteiger partial charge in [0.2, 0.25) is 5.82 Å². The van der Waals surface area contributed by atoms with Gasteiger partial charge in [-0.05, 0) is 13.0 Å². The standard InChI is InChI=1S/C9H8FN5O4S/c1-5-11-9(13-12-5)14-20(18,19)6-2-3-8(15(16)17)7(10)4-6/h2-4H,1H3,(H2,11,12,13,14). The number of anilines is 1. The van der Waals surface area contributed by atoms with E-state index >= 15 is 0 Å². The van der Waals surface area contributed by atoms with Crippen LogP contribution in [-0.4, -0.2) is 28.5 Å². The summed E-state index contributed by atoms with van der Waals surface area (Å²) in [6, 6.07) is 2.25. The average molecular weight is 301 g/mol. The molecule has 2 N–H and O–H groups in total. The van der Waals surface area contributed by atoms with E-state index in [0.29, 0.717) is 11.9 Å². The lowest BCUT2D eigenvalue weighted by Gasteiger charge is -2.04. The molecule has 0 atom stereocenters. The van der Waals surface area contributed by atoms with E-state index in [1.54, 1.807) is 6.92 Å². The number of nitro benzene ring substituents is 1. The van der Waals surface area contributed by atoms with Crippen molar-refractivity contribution in [3.63, 3.8) is 0 Å². The zero-order valence-corrected chi connectivity index (χ0v) is 10.8. The van der Waals surface area contributed by atoms with E-state index < -0.39 is 31.3 Å². The number of aryl methyl sites for hydroxylation is 1. The van der Waals surface area contributed by atoms with Gasteiger partial charge >= 0.3 is 5.69 Å². The number of benzene rings is 1. The monoisotopic (exact) mass is 301 g/mol. The fourth-order valence-electron chi connectivity index (χ4n) is 1.37. The fourth-order valence-corrected chi connectivity index (χ4v) is 2.33. The smallest absolute Gasteiger partial charge is 0.261 e. The maximum Gasteiger partial charge on any atom is 0.304 e. The van der Waals surface area contributed by atoms with Crippen LogP contribution < -0.4 is 4.72 Å². The number of hydrogen-bond acceptors (Lipinski definition) is 6. The molecule has 2 rings (SSSR count). The highest BCUT2D eigenvalue weighted by atomic mass is 32.2. The zero-order valence-electron chi connectivity index (χ0n) is 9.99.